The molecule has 1 rings (SSSR count). The molecule has 1 heterocycles. The van der Waals surface area contributed by atoms with Crippen LogP contribution in [0.3, 0.4) is 0 Å². The van der Waals surface area contributed by atoms with Crippen molar-refractivity contribution >= 4 is 16.4 Å². The standard InChI is InChI=1S/C52H94O12S/c1-3-5-7-9-11-13-15-17-18-19-20-21-22-23-24-25-26-27-28-29-31-33-35-37-39-41-48(54)62-46(44-60-42-40-38-36-34-32-30-16-14-12-10-8-6-4-2)45-61-52-50(56)51(64-65(57,58)59)49(55)47(43-53)63-52/h5,7,11,13,17-18,20-21,46-47,49-53,55-56H,3-4,6,8-10,12,14-16,19,22-45H2,1-2H3,(H,57,58,59)/b7-5-,13-11-,18-17-,21-20-. The summed E-state index contributed by atoms with van der Waals surface area (Å²) in [5.74, 6) is -0.400. The van der Waals surface area contributed by atoms with Crippen molar-refractivity contribution in [3.63, 3.8) is 0 Å². The predicted molar refractivity (Wildman–Crippen MR) is 262 cm³/mol. The van der Waals surface area contributed by atoms with Crippen LogP contribution >= 0.6 is 0 Å². The second-order valence-corrected chi connectivity index (χ2v) is 18.8. The Bertz CT molecular complexity index is 1320. The molecule has 1 aliphatic rings. The minimum atomic E-state index is -5.06. The van der Waals surface area contributed by atoms with E-state index in [4.69, 9.17) is 18.9 Å². The number of allylic oxidation sites excluding steroid dienone is 8. The SMILES string of the molecule is CC/C=C\C/C=C\C/C=C\C/C=C\CCCCCCCCCCCCCCC(=O)OC(COCCCCCCCCCCCCCCC)COC1OC(CO)C(O)C(OS(=O)(=O)O)C1O. The van der Waals surface area contributed by atoms with Crippen molar-refractivity contribution in [3.05, 3.63) is 48.6 Å². The summed E-state index contributed by atoms with van der Waals surface area (Å²) in [4.78, 5) is 12.9. The van der Waals surface area contributed by atoms with Gasteiger partial charge >= 0.3 is 16.4 Å². The molecule has 0 aliphatic carbocycles. The minimum Gasteiger partial charge on any atom is -0.457 e. The highest BCUT2D eigenvalue weighted by Crippen LogP contribution is 2.26. The van der Waals surface area contributed by atoms with Gasteiger partial charge in [0.2, 0.25) is 0 Å². The van der Waals surface area contributed by atoms with Crippen molar-refractivity contribution in [2.75, 3.05) is 26.4 Å². The van der Waals surface area contributed by atoms with Crippen LogP contribution in [0.1, 0.15) is 213 Å². The average Bonchev–Trinajstić information content (AvgIpc) is 3.28. The Balaban J connectivity index is 2.31. The number of unbranched alkanes of at least 4 members (excludes halogenated alkanes) is 24. The lowest BCUT2D eigenvalue weighted by Gasteiger charge is -2.41. The van der Waals surface area contributed by atoms with Gasteiger partial charge < -0.3 is 34.3 Å². The fraction of sp³-hybridized carbons (Fsp3) is 0.827. The Kier molecular flexibility index (Phi) is 40.7. The van der Waals surface area contributed by atoms with Gasteiger partial charge in [-0.15, -0.1) is 0 Å². The van der Waals surface area contributed by atoms with E-state index < -0.39 is 59.8 Å². The highest BCUT2D eigenvalue weighted by atomic mass is 32.3. The molecule has 1 aliphatic heterocycles. The Labute approximate surface area is 396 Å². The van der Waals surface area contributed by atoms with E-state index in [-0.39, 0.29) is 19.6 Å². The van der Waals surface area contributed by atoms with E-state index in [1.54, 1.807) is 0 Å². The van der Waals surface area contributed by atoms with Crippen LogP contribution in [0.15, 0.2) is 48.6 Å². The molecule has 0 spiro atoms. The molecule has 380 valence electrons. The molecule has 6 unspecified atom stereocenters. The van der Waals surface area contributed by atoms with Crippen molar-refractivity contribution in [3.8, 4) is 0 Å². The first-order chi connectivity index (χ1) is 31.6. The first-order valence-corrected chi connectivity index (χ1v) is 27.3. The highest BCUT2D eigenvalue weighted by molar-refractivity contribution is 7.80. The lowest BCUT2D eigenvalue weighted by Crippen LogP contribution is -2.60. The number of ether oxygens (including phenoxy) is 4. The summed E-state index contributed by atoms with van der Waals surface area (Å²) in [7, 11) is -5.06. The van der Waals surface area contributed by atoms with Gasteiger partial charge in [0, 0.05) is 13.0 Å². The number of hydrogen-bond donors (Lipinski definition) is 4. The smallest absolute Gasteiger partial charge is 0.397 e. The summed E-state index contributed by atoms with van der Waals surface area (Å²) in [6.45, 7) is 3.90. The second kappa shape index (κ2) is 43.3. The van der Waals surface area contributed by atoms with Crippen LogP contribution in [0.2, 0.25) is 0 Å². The van der Waals surface area contributed by atoms with Crippen molar-refractivity contribution in [2.45, 2.75) is 250 Å². The molecule has 0 bridgehead atoms. The molecule has 6 atom stereocenters. The van der Waals surface area contributed by atoms with Crippen molar-refractivity contribution < 1.29 is 56.2 Å². The van der Waals surface area contributed by atoms with E-state index in [0.717, 1.165) is 64.2 Å². The zero-order valence-electron chi connectivity index (χ0n) is 40.8. The molecule has 12 nitrogen and oxygen atoms in total. The molecular weight excluding hydrogens is 849 g/mol. The third-order valence-electron chi connectivity index (χ3n) is 11.7. The molecule has 4 N–H and O–H groups in total. The number of esters is 1. The topological polar surface area (TPSA) is 178 Å². The molecule has 0 saturated carbocycles. The van der Waals surface area contributed by atoms with Crippen LogP contribution in [0.4, 0.5) is 0 Å². The molecule has 0 radical (unpaired) electrons. The number of carbonyl (C=O) groups excluding carboxylic acids is 1. The van der Waals surface area contributed by atoms with Gasteiger partial charge in [-0.1, -0.05) is 204 Å². The molecule has 0 aromatic rings. The predicted octanol–water partition coefficient (Wildman–Crippen LogP) is 11.9. The molecule has 0 amide bonds. The maximum absolute atomic E-state index is 12.9. The largest absolute Gasteiger partial charge is 0.457 e. The molecule has 0 aromatic heterocycles. The molecule has 1 saturated heterocycles. The van der Waals surface area contributed by atoms with Crippen LogP contribution in [-0.2, 0) is 38.3 Å². The zero-order chi connectivity index (χ0) is 47.5. The van der Waals surface area contributed by atoms with Crippen LogP contribution in [0.25, 0.3) is 0 Å². The fourth-order valence-corrected chi connectivity index (χ4v) is 8.35. The molecule has 65 heavy (non-hydrogen) atoms. The van der Waals surface area contributed by atoms with Gasteiger partial charge in [0.1, 0.15) is 30.5 Å². The summed E-state index contributed by atoms with van der Waals surface area (Å²) in [6.07, 6.45) is 44.3. The summed E-state index contributed by atoms with van der Waals surface area (Å²) in [6, 6.07) is 0. The van der Waals surface area contributed by atoms with Crippen LogP contribution in [-0.4, -0.2) is 97.5 Å². The van der Waals surface area contributed by atoms with Crippen LogP contribution in [0, 0.1) is 0 Å². The maximum Gasteiger partial charge on any atom is 0.397 e. The zero-order valence-corrected chi connectivity index (χ0v) is 41.6. The average molecular weight is 943 g/mol. The van der Waals surface area contributed by atoms with Crippen LogP contribution < -0.4 is 0 Å². The van der Waals surface area contributed by atoms with E-state index >= 15 is 0 Å². The monoisotopic (exact) mass is 943 g/mol. The molecular formula is C52H94O12S. The first kappa shape index (κ1) is 61.1. The number of rotatable bonds is 45. The van der Waals surface area contributed by atoms with Crippen LogP contribution in [0.5, 0.6) is 0 Å². The number of aliphatic hydroxyl groups excluding tert-OH is 3. The summed E-state index contributed by atoms with van der Waals surface area (Å²) >= 11 is 0. The van der Waals surface area contributed by atoms with E-state index in [9.17, 15) is 33.1 Å². The summed E-state index contributed by atoms with van der Waals surface area (Å²) in [5.41, 5.74) is 0. The van der Waals surface area contributed by atoms with E-state index in [1.807, 2.05) is 0 Å². The minimum absolute atomic E-state index is 0.0375. The normalized spacial score (nSPS) is 20.0. The Morgan fingerprint density at radius 3 is 1.55 bits per heavy atom. The van der Waals surface area contributed by atoms with E-state index in [1.165, 1.54) is 122 Å². The lowest BCUT2D eigenvalue weighted by molar-refractivity contribution is -0.301. The van der Waals surface area contributed by atoms with Gasteiger partial charge in [-0.3, -0.25) is 9.35 Å². The first-order valence-electron chi connectivity index (χ1n) is 25.9. The summed E-state index contributed by atoms with van der Waals surface area (Å²) < 4.78 is 59.2. The van der Waals surface area contributed by atoms with E-state index in [0.29, 0.717) is 13.0 Å². The van der Waals surface area contributed by atoms with Gasteiger partial charge in [0.05, 0.1) is 19.8 Å². The third-order valence-corrected chi connectivity index (χ3v) is 12.2. The third kappa shape index (κ3) is 36.7. The van der Waals surface area contributed by atoms with Crippen molar-refractivity contribution in [1.82, 2.24) is 0 Å². The van der Waals surface area contributed by atoms with Gasteiger partial charge in [0.15, 0.2) is 6.29 Å². The van der Waals surface area contributed by atoms with Gasteiger partial charge in [-0.25, -0.2) is 4.18 Å². The maximum atomic E-state index is 12.9. The number of carbonyl (C=O) groups is 1. The lowest BCUT2D eigenvalue weighted by atomic mass is 9.99. The van der Waals surface area contributed by atoms with Gasteiger partial charge in [0.25, 0.3) is 0 Å². The van der Waals surface area contributed by atoms with Crippen molar-refractivity contribution in [2.24, 2.45) is 0 Å². The van der Waals surface area contributed by atoms with Crippen molar-refractivity contribution in [1.29, 1.82) is 0 Å². The fourth-order valence-electron chi connectivity index (χ4n) is 7.84. The number of aliphatic hydroxyl groups is 3. The Morgan fingerprint density at radius 2 is 1.06 bits per heavy atom. The molecule has 0 aromatic carbocycles. The van der Waals surface area contributed by atoms with E-state index in [2.05, 4.69) is 66.6 Å². The number of hydrogen-bond acceptors (Lipinski definition) is 11. The quantitative estimate of drug-likeness (QED) is 0.0197. The Hall–Kier alpha value is -1.94. The molecule has 1 fully saturated rings. The molecule has 13 heteroatoms. The highest BCUT2D eigenvalue weighted by Gasteiger charge is 2.48. The second-order valence-electron chi connectivity index (χ2n) is 17.7. The Morgan fingerprint density at radius 1 is 0.600 bits per heavy atom. The summed E-state index contributed by atoms with van der Waals surface area (Å²) in [5, 5.41) is 30.7. The van der Waals surface area contributed by atoms with Gasteiger partial charge in [-0.05, 0) is 51.4 Å². The van der Waals surface area contributed by atoms with Gasteiger partial charge in [-0.2, -0.15) is 8.42 Å².